The van der Waals surface area contributed by atoms with Crippen molar-refractivity contribution < 1.29 is 9.47 Å². The highest BCUT2D eigenvalue weighted by Gasteiger charge is 2.25. The van der Waals surface area contributed by atoms with Gasteiger partial charge in [-0.1, -0.05) is 36.4 Å². The van der Waals surface area contributed by atoms with Crippen molar-refractivity contribution in [3.05, 3.63) is 59.7 Å². The Kier molecular flexibility index (Phi) is 9.19. The molecule has 0 amide bonds. The first-order valence-electron chi connectivity index (χ1n) is 11.3. The van der Waals surface area contributed by atoms with Gasteiger partial charge in [0.25, 0.3) is 0 Å². The Balaban J connectivity index is 1.41. The van der Waals surface area contributed by atoms with Crippen LogP contribution in [0, 0.1) is 0 Å². The van der Waals surface area contributed by atoms with E-state index in [-0.39, 0.29) is 0 Å². The maximum atomic E-state index is 6.07. The second-order valence-electron chi connectivity index (χ2n) is 8.21. The molecule has 1 atom stereocenters. The largest absolute Gasteiger partial charge is 0.493 e. The lowest BCUT2D eigenvalue weighted by atomic mass is 10.0. The van der Waals surface area contributed by atoms with E-state index in [0.29, 0.717) is 12.0 Å². The molecule has 7 heteroatoms. The quantitative estimate of drug-likeness (QED) is 0.337. The van der Waals surface area contributed by atoms with Crippen molar-refractivity contribution in [2.45, 2.75) is 18.9 Å². The molecule has 0 spiro atoms. The fraction of sp³-hybridized carbons (Fsp3) is 0.480. The second kappa shape index (κ2) is 12.3. The minimum Gasteiger partial charge on any atom is -0.493 e. The third-order valence-corrected chi connectivity index (χ3v) is 5.93. The molecule has 1 saturated heterocycles. The number of rotatable bonds is 10. The number of benzene rings is 2. The van der Waals surface area contributed by atoms with Gasteiger partial charge in [-0.25, -0.2) is 0 Å². The summed E-state index contributed by atoms with van der Waals surface area (Å²) in [6.45, 7) is 5.72. The highest BCUT2D eigenvalue weighted by atomic mass is 16.5. The summed E-state index contributed by atoms with van der Waals surface area (Å²) in [4.78, 5) is 9.50. The molecule has 0 bridgehead atoms. The normalized spacial score (nSPS) is 17.8. The third-order valence-electron chi connectivity index (χ3n) is 5.93. The average molecular weight is 440 g/mol. The SMILES string of the molecule is COc1ccc(CCNC(N)=NCCCN2CCN(C)CC2c2ccccc2)cc1OC. The molecule has 174 valence electrons. The number of nitrogens with two attached hydrogens (primary N) is 1. The zero-order valence-corrected chi connectivity index (χ0v) is 19.6. The van der Waals surface area contributed by atoms with Crippen molar-refractivity contribution in [2.24, 2.45) is 10.7 Å². The van der Waals surface area contributed by atoms with E-state index < -0.39 is 0 Å². The number of guanidine groups is 1. The van der Waals surface area contributed by atoms with E-state index in [4.69, 9.17) is 15.2 Å². The van der Waals surface area contributed by atoms with Gasteiger partial charge in [-0.05, 0) is 43.1 Å². The summed E-state index contributed by atoms with van der Waals surface area (Å²) < 4.78 is 10.6. The molecule has 1 heterocycles. The lowest BCUT2D eigenvalue weighted by Crippen LogP contribution is -2.47. The first-order chi connectivity index (χ1) is 15.6. The van der Waals surface area contributed by atoms with Crippen molar-refractivity contribution in [2.75, 3.05) is 60.5 Å². The van der Waals surface area contributed by atoms with Crippen LogP contribution in [0.3, 0.4) is 0 Å². The number of methoxy groups -OCH3 is 2. The number of nitrogens with zero attached hydrogens (tertiary/aromatic N) is 3. The number of piperazine rings is 1. The molecule has 2 aromatic rings. The summed E-state index contributed by atoms with van der Waals surface area (Å²) in [6.07, 6.45) is 1.82. The topological polar surface area (TPSA) is 75.4 Å². The summed E-state index contributed by atoms with van der Waals surface area (Å²) in [5.41, 5.74) is 8.61. The first-order valence-corrected chi connectivity index (χ1v) is 11.3. The Labute approximate surface area is 192 Å². The molecule has 0 saturated carbocycles. The Morgan fingerprint density at radius 1 is 1.09 bits per heavy atom. The predicted molar refractivity (Wildman–Crippen MR) is 131 cm³/mol. The van der Waals surface area contributed by atoms with Gasteiger partial charge in [-0.2, -0.15) is 0 Å². The Hall–Kier alpha value is -2.77. The maximum Gasteiger partial charge on any atom is 0.188 e. The number of likely N-dealkylation sites (N-methyl/N-ethyl adjacent to an activating group) is 1. The van der Waals surface area contributed by atoms with Crippen molar-refractivity contribution in [1.82, 2.24) is 15.1 Å². The zero-order chi connectivity index (χ0) is 22.8. The molecule has 3 rings (SSSR count). The summed E-state index contributed by atoms with van der Waals surface area (Å²) in [7, 11) is 5.49. The number of hydrogen-bond donors (Lipinski definition) is 2. The molecule has 7 nitrogen and oxygen atoms in total. The standard InChI is InChI=1S/C25H37N5O2/c1-29-16-17-30(22(19-29)21-8-5-4-6-9-21)15-7-13-27-25(26)28-14-12-20-10-11-23(31-2)24(18-20)32-3/h4-6,8-11,18,22H,7,12-17,19H2,1-3H3,(H3,26,27,28). The van der Waals surface area contributed by atoms with E-state index >= 15 is 0 Å². The summed E-state index contributed by atoms with van der Waals surface area (Å²) >= 11 is 0. The van der Waals surface area contributed by atoms with Crippen LogP contribution in [0.15, 0.2) is 53.5 Å². The molecule has 2 aromatic carbocycles. The fourth-order valence-electron chi connectivity index (χ4n) is 4.12. The first kappa shape index (κ1) is 23.9. The van der Waals surface area contributed by atoms with Gasteiger partial charge in [0, 0.05) is 45.3 Å². The van der Waals surface area contributed by atoms with Crippen LogP contribution < -0.4 is 20.5 Å². The fourth-order valence-corrected chi connectivity index (χ4v) is 4.12. The third kappa shape index (κ3) is 6.87. The molecule has 1 aliphatic rings. The van der Waals surface area contributed by atoms with Crippen LogP contribution in [0.5, 0.6) is 11.5 Å². The molecule has 1 unspecified atom stereocenters. The molecular formula is C25H37N5O2. The van der Waals surface area contributed by atoms with Gasteiger partial charge in [-0.3, -0.25) is 9.89 Å². The van der Waals surface area contributed by atoms with Gasteiger partial charge in [0.15, 0.2) is 17.5 Å². The van der Waals surface area contributed by atoms with Crippen LogP contribution in [-0.4, -0.2) is 76.3 Å². The summed E-state index contributed by atoms with van der Waals surface area (Å²) in [6, 6.07) is 17.2. The van der Waals surface area contributed by atoms with E-state index in [2.05, 4.69) is 57.5 Å². The Morgan fingerprint density at radius 2 is 1.88 bits per heavy atom. The number of ether oxygens (including phenoxy) is 2. The Bertz CT molecular complexity index is 859. The summed E-state index contributed by atoms with van der Waals surface area (Å²) in [5.74, 6) is 1.98. The van der Waals surface area contributed by atoms with Crippen LogP contribution in [0.1, 0.15) is 23.6 Å². The summed E-state index contributed by atoms with van der Waals surface area (Å²) in [5, 5.41) is 3.21. The van der Waals surface area contributed by atoms with Crippen LogP contribution in [0.4, 0.5) is 0 Å². The van der Waals surface area contributed by atoms with Gasteiger partial charge >= 0.3 is 0 Å². The van der Waals surface area contributed by atoms with E-state index in [1.165, 1.54) is 5.56 Å². The smallest absolute Gasteiger partial charge is 0.188 e. The monoisotopic (exact) mass is 439 g/mol. The molecule has 0 aromatic heterocycles. The molecule has 32 heavy (non-hydrogen) atoms. The Morgan fingerprint density at radius 3 is 2.62 bits per heavy atom. The van der Waals surface area contributed by atoms with E-state index in [0.717, 1.165) is 69.2 Å². The molecule has 0 radical (unpaired) electrons. The van der Waals surface area contributed by atoms with Gasteiger partial charge in [0.1, 0.15) is 0 Å². The van der Waals surface area contributed by atoms with Crippen molar-refractivity contribution >= 4 is 5.96 Å². The van der Waals surface area contributed by atoms with Crippen LogP contribution in [0.25, 0.3) is 0 Å². The van der Waals surface area contributed by atoms with E-state index in [1.807, 2.05) is 18.2 Å². The minimum atomic E-state index is 0.441. The highest BCUT2D eigenvalue weighted by molar-refractivity contribution is 5.77. The van der Waals surface area contributed by atoms with Crippen molar-refractivity contribution in [3.63, 3.8) is 0 Å². The average Bonchev–Trinajstić information content (AvgIpc) is 2.83. The highest BCUT2D eigenvalue weighted by Crippen LogP contribution is 2.27. The number of nitrogens with one attached hydrogen (secondary N) is 1. The molecule has 3 N–H and O–H groups in total. The predicted octanol–water partition coefficient (Wildman–Crippen LogP) is 2.53. The van der Waals surface area contributed by atoms with Crippen molar-refractivity contribution in [1.29, 1.82) is 0 Å². The van der Waals surface area contributed by atoms with Gasteiger partial charge in [0.05, 0.1) is 14.2 Å². The molecular weight excluding hydrogens is 402 g/mol. The molecule has 1 aliphatic heterocycles. The van der Waals surface area contributed by atoms with Crippen LogP contribution in [0.2, 0.25) is 0 Å². The maximum absolute atomic E-state index is 6.07. The lowest BCUT2D eigenvalue weighted by Gasteiger charge is -2.40. The van der Waals surface area contributed by atoms with E-state index in [1.54, 1.807) is 14.2 Å². The van der Waals surface area contributed by atoms with Gasteiger partial charge < -0.3 is 25.4 Å². The van der Waals surface area contributed by atoms with Crippen LogP contribution >= 0.6 is 0 Å². The second-order valence-corrected chi connectivity index (χ2v) is 8.21. The van der Waals surface area contributed by atoms with Gasteiger partial charge in [0.2, 0.25) is 0 Å². The molecule has 1 fully saturated rings. The number of aliphatic imine (C=N–C) groups is 1. The molecule has 0 aliphatic carbocycles. The van der Waals surface area contributed by atoms with E-state index in [9.17, 15) is 0 Å². The minimum absolute atomic E-state index is 0.441. The lowest BCUT2D eigenvalue weighted by molar-refractivity contribution is 0.0894. The zero-order valence-electron chi connectivity index (χ0n) is 19.6. The van der Waals surface area contributed by atoms with Crippen molar-refractivity contribution in [3.8, 4) is 11.5 Å². The van der Waals surface area contributed by atoms with Gasteiger partial charge in [-0.15, -0.1) is 0 Å². The van der Waals surface area contributed by atoms with Crippen LogP contribution in [-0.2, 0) is 6.42 Å². The number of hydrogen-bond acceptors (Lipinski definition) is 5.